The molecule has 3 nitrogen and oxygen atoms in total. The molecule has 0 aliphatic heterocycles. The minimum Gasteiger partial charge on any atom is -0.494 e. The van der Waals surface area contributed by atoms with Crippen LogP contribution in [0, 0.1) is 11.2 Å². The Morgan fingerprint density at radius 3 is 2.52 bits per heavy atom. The van der Waals surface area contributed by atoms with Crippen molar-refractivity contribution in [3.63, 3.8) is 0 Å². The van der Waals surface area contributed by atoms with Crippen molar-refractivity contribution in [1.82, 2.24) is 0 Å². The molecule has 0 atom stereocenters. The van der Waals surface area contributed by atoms with Crippen molar-refractivity contribution < 1.29 is 13.9 Å². The summed E-state index contributed by atoms with van der Waals surface area (Å²) in [7, 11) is 1.43. The van der Waals surface area contributed by atoms with Crippen molar-refractivity contribution in [2.75, 3.05) is 13.7 Å². The molecule has 1 aromatic rings. The molecule has 21 heavy (non-hydrogen) atoms. The molecule has 0 unspecified atom stereocenters. The predicted octanol–water partition coefficient (Wildman–Crippen LogP) is 3.25. The Kier molecular flexibility index (Phi) is 5.34. The molecule has 0 amide bonds. The maximum Gasteiger partial charge on any atom is 0.168 e. The van der Waals surface area contributed by atoms with Crippen LogP contribution >= 0.6 is 0 Å². The Morgan fingerprint density at radius 2 is 1.95 bits per heavy atom. The minimum absolute atomic E-state index is 0.0686. The molecule has 0 aromatic heterocycles. The number of ketones is 1. The number of methoxy groups -OCH3 is 1. The van der Waals surface area contributed by atoms with Gasteiger partial charge in [-0.3, -0.25) is 4.79 Å². The Bertz CT molecular complexity index is 494. The zero-order chi connectivity index (χ0) is 15.3. The van der Waals surface area contributed by atoms with Crippen LogP contribution in [-0.2, 0) is 11.2 Å². The number of ether oxygens (including phenoxy) is 1. The van der Waals surface area contributed by atoms with Gasteiger partial charge in [-0.1, -0.05) is 37.8 Å². The maximum absolute atomic E-state index is 14.2. The van der Waals surface area contributed by atoms with Crippen molar-refractivity contribution in [2.24, 2.45) is 11.1 Å². The van der Waals surface area contributed by atoms with Gasteiger partial charge in [-0.25, -0.2) is 4.39 Å². The third-order valence-corrected chi connectivity index (χ3v) is 4.66. The predicted molar refractivity (Wildman–Crippen MR) is 80.9 cm³/mol. The number of carbonyl (C=O) groups excluding carboxylic acids is 1. The molecular weight excluding hydrogens is 269 g/mol. The fraction of sp³-hybridized carbons (Fsp3) is 0.588. The number of carbonyl (C=O) groups is 1. The van der Waals surface area contributed by atoms with Gasteiger partial charge in [0.25, 0.3) is 0 Å². The lowest BCUT2D eigenvalue weighted by atomic mass is 9.74. The van der Waals surface area contributed by atoms with E-state index in [4.69, 9.17) is 10.5 Å². The van der Waals surface area contributed by atoms with E-state index < -0.39 is 11.2 Å². The summed E-state index contributed by atoms with van der Waals surface area (Å²) in [4.78, 5) is 12.7. The van der Waals surface area contributed by atoms with Crippen molar-refractivity contribution in [3.05, 3.63) is 29.6 Å². The summed E-state index contributed by atoms with van der Waals surface area (Å²) in [6.07, 6.45) is 6.13. The van der Waals surface area contributed by atoms with Gasteiger partial charge in [0.2, 0.25) is 0 Å². The molecule has 1 aliphatic rings. The van der Waals surface area contributed by atoms with Crippen molar-refractivity contribution in [1.29, 1.82) is 0 Å². The third-order valence-electron chi connectivity index (χ3n) is 4.66. The first-order chi connectivity index (χ1) is 10.1. The van der Waals surface area contributed by atoms with E-state index in [9.17, 15) is 9.18 Å². The fourth-order valence-electron chi connectivity index (χ4n) is 3.21. The highest BCUT2D eigenvalue weighted by atomic mass is 19.1. The van der Waals surface area contributed by atoms with Crippen LogP contribution < -0.4 is 10.5 Å². The van der Waals surface area contributed by atoms with Crippen molar-refractivity contribution in [2.45, 2.75) is 44.9 Å². The molecule has 1 saturated carbocycles. The van der Waals surface area contributed by atoms with Crippen LogP contribution in [0.15, 0.2) is 18.2 Å². The molecule has 2 rings (SSSR count). The zero-order valence-corrected chi connectivity index (χ0v) is 12.7. The molecular formula is C17H24FNO2. The average molecular weight is 293 g/mol. The van der Waals surface area contributed by atoms with Gasteiger partial charge < -0.3 is 10.5 Å². The topological polar surface area (TPSA) is 52.3 Å². The van der Waals surface area contributed by atoms with Crippen LogP contribution in [0.3, 0.4) is 0 Å². The lowest BCUT2D eigenvalue weighted by Crippen LogP contribution is -2.39. The number of halogens is 1. The first-order valence-corrected chi connectivity index (χ1v) is 7.68. The van der Waals surface area contributed by atoms with Crippen LogP contribution in [0.4, 0.5) is 4.39 Å². The van der Waals surface area contributed by atoms with Gasteiger partial charge in [0.15, 0.2) is 11.6 Å². The van der Waals surface area contributed by atoms with Gasteiger partial charge in [0.05, 0.1) is 7.11 Å². The van der Waals surface area contributed by atoms with E-state index in [0.29, 0.717) is 12.1 Å². The van der Waals surface area contributed by atoms with Crippen LogP contribution in [0.1, 0.15) is 44.1 Å². The van der Waals surface area contributed by atoms with Gasteiger partial charge in [-0.2, -0.15) is 0 Å². The number of hydrogen-bond acceptors (Lipinski definition) is 3. The van der Waals surface area contributed by atoms with Crippen LogP contribution in [0.25, 0.3) is 0 Å². The summed E-state index contributed by atoms with van der Waals surface area (Å²) in [6, 6.07) is 4.93. The number of nitrogens with two attached hydrogens (primary N) is 1. The monoisotopic (exact) mass is 293 g/mol. The van der Waals surface area contributed by atoms with Gasteiger partial charge in [-0.15, -0.1) is 0 Å². The first-order valence-electron chi connectivity index (χ1n) is 7.68. The van der Waals surface area contributed by atoms with E-state index in [1.54, 1.807) is 18.2 Å². The van der Waals surface area contributed by atoms with Gasteiger partial charge in [0, 0.05) is 18.4 Å². The van der Waals surface area contributed by atoms with E-state index in [-0.39, 0.29) is 18.0 Å². The molecule has 1 aromatic carbocycles. The number of benzene rings is 1. The molecule has 0 heterocycles. The molecule has 116 valence electrons. The Balaban J connectivity index is 2.19. The normalized spacial score (nSPS) is 18.0. The molecule has 1 fully saturated rings. The Hall–Kier alpha value is -1.42. The molecule has 2 N–H and O–H groups in total. The molecule has 0 spiro atoms. The molecule has 0 radical (unpaired) electrons. The molecule has 1 aliphatic carbocycles. The largest absolute Gasteiger partial charge is 0.494 e. The number of Topliss-reactive ketones (excluding diaryl/α,β-unsaturated/α-hetero) is 1. The first kappa shape index (κ1) is 16.0. The lowest BCUT2D eigenvalue weighted by molar-refractivity contribution is -0.128. The van der Waals surface area contributed by atoms with E-state index in [1.807, 2.05) is 0 Å². The van der Waals surface area contributed by atoms with Crippen molar-refractivity contribution in [3.8, 4) is 5.75 Å². The zero-order valence-electron chi connectivity index (χ0n) is 12.7. The van der Waals surface area contributed by atoms with Gasteiger partial charge in [-0.05, 0) is 24.5 Å². The second-order valence-corrected chi connectivity index (χ2v) is 5.93. The van der Waals surface area contributed by atoms with E-state index >= 15 is 0 Å². The summed E-state index contributed by atoms with van der Waals surface area (Å²) < 4.78 is 19.2. The SMILES string of the molecule is COc1cccc(CC(=O)C2(CN)CCCCCC2)c1F. The second kappa shape index (κ2) is 7.03. The van der Waals surface area contributed by atoms with Crippen LogP contribution in [-0.4, -0.2) is 19.4 Å². The highest BCUT2D eigenvalue weighted by Gasteiger charge is 2.37. The van der Waals surface area contributed by atoms with Crippen LogP contribution in [0.2, 0.25) is 0 Å². The average Bonchev–Trinajstić information content (AvgIpc) is 2.75. The second-order valence-electron chi connectivity index (χ2n) is 5.93. The number of rotatable bonds is 5. The summed E-state index contributed by atoms with van der Waals surface area (Å²) in [5.41, 5.74) is 5.85. The maximum atomic E-state index is 14.2. The van der Waals surface area contributed by atoms with Gasteiger partial charge >= 0.3 is 0 Å². The lowest BCUT2D eigenvalue weighted by Gasteiger charge is -2.30. The van der Waals surface area contributed by atoms with Crippen LogP contribution in [0.5, 0.6) is 5.75 Å². The van der Waals surface area contributed by atoms with E-state index in [0.717, 1.165) is 38.5 Å². The van der Waals surface area contributed by atoms with Crippen molar-refractivity contribution >= 4 is 5.78 Å². The fourth-order valence-corrected chi connectivity index (χ4v) is 3.21. The smallest absolute Gasteiger partial charge is 0.168 e. The summed E-state index contributed by atoms with van der Waals surface area (Å²) in [5.74, 6) is -0.184. The standard InChI is InChI=1S/C17H24FNO2/c1-21-14-8-6-7-13(16(14)18)11-15(20)17(12-19)9-4-2-3-5-10-17/h6-8H,2-5,9-12,19H2,1H3. The summed E-state index contributed by atoms with van der Waals surface area (Å²) in [5, 5.41) is 0. The van der Waals surface area contributed by atoms with Gasteiger partial charge in [0.1, 0.15) is 5.78 Å². The molecule has 0 saturated heterocycles. The summed E-state index contributed by atoms with van der Waals surface area (Å²) in [6.45, 7) is 0.359. The summed E-state index contributed by atoms with van der Waals surface area (Å²) >= 11 is 0. The quantitative estimate of drug-likeness (QED) is 0.848. The molecule has 4 heteroatoms. The third kappa shape index (κ3) is 3.43. The minimum atomic E-state index is -0.466. The molecule has 0 bridgehead atoms. The van der Waals surface area contributed by atoms with E-state index in [2.05, 4.69) is 0 Å². The highest BCUT2D eigenvalue weighted by Crippen LogP contribution is 2.36. The Labute approximate surface area is 125 Å². The highest BCUT2D eigenvalue weighted by molar-refractivity contribution is 5.87. The van der Waals surface area contributed by atoms with E-state index in [1.165, 1.54) is 7.11 Å². The Morgan fingerprint density at radius 1 is 1.29 bits per heavy atom. The number of hydrogen-bond donors (Lipinski definition) is 1.